The van der Waals surface area contributed by atoms with E-state index in [2.05, 4.69) is 11.9 Å². The van der Waals surface area contributed by atoms with Crippen LogP contribution < -0.4 is 15.9 Å². The van der Waals surface area contributed by atoms with E-state index in [9.17, 15) is 4.39 Å². The summed E-state index contributed by atoms with van der Waals surface area (Å²) in [5.74, 6) is 0.000666. The van der Waals surface area contributed by atoms with Gasteiger partial charge in [0.15, 0.2) is 11.6 Å². The molecule has 1 unspecified atom stereocenters. The molecule has 0 spiro atoms. The number of rotatable bonds is 7. The quantitative estimate of drug-likeness (QED) is 0.450. The number of pyridine rings is 1. The van der Waals surface area contributed by atoms with Gasteiger partial charge in [-0.25, -0.2) is 4.39 Å². The van der Waals surface area contributed by atoms with Crippen molar-refractivity contribution in [2.45, 2.75) is 26.2 Å². The summed E-state index contributed by atoms with van der Waals surface area (Å²) in [6.07, 6.45) is 6.24. The van der Waals surface area contributed by atoms with Crippen LogP contribution in [0.5, 0.6) is 11.5 Å². The third-order valence-corrected chi connectivity index (χ3v) is 4.94. The van der Waals surface area contributed by atoms with Gasteiger partial charge < -0.3 is 10.5 Å². The van der Waals surface area contributed by atoms with Gasteiger partial charge in [-0.05, 0) is 24.7 Å². The van der Waals surface area contributed by atoms with Gasteiger partial charge in [-0.1, -0.05) is 39.9 Å². The van der Waals surface area contributed by atoms with E-state index in [0.29, 0.717) is 25.0 Å². The minimum absolute atomic E-state index is 0.0996. The zero-order chi connectivity index (χ0) is 15.9. The molecule has 2 rings (SSSR count). The van der Waals surface area contributed by atoms with Crippen molar-refractivity contribution in [3.63, 3.8) is 0 Å². The molecule has 0 aliphatic heterocycles. The fourth-order valence-electron chi connectivity index (χ4n) is 1.93. The summed E-state index contributed by atoms with van der Waals surface area (Å²) in [7, 11) is 0.529. The summed E-state index contributed by atoms with van der Waals surface area (Å²) in [5, 5.41) is 0.452. The molecular formula is C16H19ClFN2OP. The third-order valence-electron chi connectivity index (χ3n) is 3.10. The number of hydrogen-bond acceptors (Lipinski definition) is 3. The Morgan fingerprint density at radius 1 is 1.27 bits per heavy atom. The lowest BCUT2D eigenvalue weighted by atomic mass is 10.3. The van der Waals surface area contributed by atoms with Gasteiger partial charge in [0.25, 0.3) is 0 Å². The van der Waals surface area contributed by atoms with Crippen LogP contribution >= 0.6 is 20.2 Å². The molecule has 1 heterocycles. The van der Waals surface area contributed by atoms with Gasteiger partial charge >= 0.3 is 0 Å². The lowest BCUT2D eigenvalue weighted by Gasteiger charge is -2.11. The van der Waals surface area contributed by atoms with Crippen LogP contribution in [0.15, 0.2) is 30.5 Å². The van der Waals surface area contributed by atoms with E-state index in [1.807, 2.05) is 0 Å². The number of unbranched alkanes of at least 4 members (excludes halogenated alkanes) is 2. The molecule has 1 atom stereocenters. The molecule has 0 saturated heterocycles. The third kappa shape index (κ3) is 4.56. The van der Waals surface area contributed by atoms with Crippen molar-refractivity contribution in [1.82, 2.24) is 4.98 Å². The topological polar surface area (TPSA) is 48.1 Å². The van der Waals surface area contributed by atoms with Crippen LogP contribution in [0.1, 0.15) is 26.2 Å². The summed E-state index contributed by atoms with van der Waals surface area (Å²) in [6, 6.07) is 5.93. The Bertz CT molecular complexity index is 640. The van der Waals surface area contributed by atoms with E-state index in [1.54, 1.807) is 18.3 Å². The molecule has 0 radical (unpaired) electrons. The number of ether oxygens (including phenoxy) is 1. The molecule has 2 N–H and O–H groups in total. The number of benzene rings is 1. The van der Waals surface area contributed by atoms with Crippen molar-refractivity contribution >= 4 is 31.3 Å². The number of halogens is 2. The highest BCUT2D eigenvalue weighted by atomic mass is 35.5. The molecule has 0 aliphatic carbocycles. The van der Waals surface area contributed by atoms with E-state index in [-0.39, 0.29) is 5.75 Å². The van der Waals surface area contributed by atoms with Gasteiger partial charge in [-0.15, -0.1) is 0 Å². The van der Waals surface area contributed by atoms with Crippen molar-refractivity contribution in [1.29, 1.82) is 0 Å². The Labute approximate surface area is 136 Å². The van der Waals surface area contributed by atoms with Gasteiger partial charge in [0, 0.05) is 24.0 Å². The van der Waals surface area contributed by atoms with Gasteiger partial charge in [0.05, 0.1) is 5.44 Å². The molecule has 0 saturated carbocycles. The number of nitrogens with two attached hydrogens (primary N) is 1. The maximum Gasteiger partial charge on any atom is 0.167 e. The Kier molecular flexibility index (Phi) is 6.41. The van der Waals surface area contributed by atoms with Crippen LogP contribution in [0.4, 0.5) is 10.1 Å². The first-order valence-electron chi connectivity index (χ1n) is 7.23. The van der Waals surface area contributed by atoms with E-state index < -0.39 is 5.82 Å². The summed E-state index contributed by atoms with van der Waals surface area (Å²) in [6.45, 7) is 2.17. The number of hydrogen-bond donors (Lipinski definition) is 1. The number of nitrogen functional groups attached to an aromatic ring is 1. The second-order valence-electron chi connectivity index (χ2n) is 4.90. The van der Waals surface area contributed by atoms with Crippen molar-refractivity contribution < 1.29 is 9.13 Å². The van der Waals surface area contributed by atoms with Gasteiger partial charge in [-0.2, -0.15) is 0 Å². The van der Waals surface area contributed by atoms with E-state index in [1.165, 1.54) is 25.0 Å². The molecule has 6 heteroatoms. The van der Waals surface area contributed by atoms with Gasteiger partial charge in [0.1, 0.15) is 10.8 Å². The molecule has 0 fully saturated rings. The normalized spacial score (nSPS) is 11.2. The van der Waals surface area contributed by atoms with Crippen LogP contribution in [0.2, 0.25) is 5.02 Å². The van der Waals surface area contributed by atoms with E-state index in [0.717, 1.165) is 18.0 Å². The fourth-order valence-corrected chi connectivity index (χ4v) is 3.39. The van der Waals surface area contributed by atoms with Crippen molar-refractivity contribution in [2.24, 2.45) is 0 Å². The molecule has 0 amide bonds. The minimum atomic E-state index is -0.514. The molecule has 2 aromatic rings. The van der Waals surface area contributed by atoms with Crippen LogP contribution in [0.25, 0.3) is 0 Å². The van der Waals surface area contributed by atoms with E-state index in [4.69, 9.17) is 22.1 Å². The Morgan fingerprint density at radius 3 is 2.82 bits per heavy atom. The molecule has 118 valence electrons. The molecule has 1 aromatic carbocycles. The highest BCUT2D eigenvalue weighted by molar-refractivity contribution is 7.47. The van der Waals surface area contributed by atoms with Crippen LogP contribution in [-0.4, -0.2) is 11.1 Å². The second-order valence-corrected chi connectivity index (χ2v) is 6.60. The zero-order valence-electron chi connectivity index (χ0n) is 12.4. The summed E-state index contributed by atoms with van der Waals surface area (Å²) >= 11 is 6.33. The molecular weight excluding hydrogens is 322 g/mol. The fraction of sp³-hybridized carbons (Fsp3) is 0.312. The van der Waals surface area contributed by atoms with Crippen molar-refractivity contribution in [3.8, 4) is 11.5 Å². The second kappa shape index (κ2) is 8.30. The smallest absolute Gasteiger partial charge is 0.167 e. The zero-order valence-corrected chi connectivity index (χ0v) is 14.2. The SMILES string of the molecule is CCCCCPc1nccc(Oc2ccc(N)cc2F)c1Cl. The predicted molar refractivity (Wildman–Crippen MR) is 92.5 cm³/mol. The van der Waals surface area contributed by atoms with Crippen molar-refractivity contribution in [3.05, 3.63) is 41.3 Å². The number of anilines is 1. The first-order chi connectivity index (χ1) is 10.6. The predicted octanol–water partition coefficient (Wildman–Crippen LogP) is 4.74. The largest absolute Gasteiger partial charge is 0.453 e. The van der Waals surface area contributed by atoms with Crippen LogP contribution in [-0.2, 0) is 0 Å². The Balaban J connectivity index is 2.11. The van der Waals surface area contributed by atoms with Crippen LogP contribution in [0.3, 0.4) is 0 Å². The van der Waals surface area contributed by atoms with Crippen molar-refractivity contribution in [2.75, 3.05) is 11.9 Å². The highest BCUT2D eigenvalue weighted by Gasteiger charge is 2.12. The molecule has 0 bridgehead atoms. The first-order valence-corrected chi connectivity index (χ1v) is 8.81. The molecule has 0 aliphatic rings. The van der Waals surface area contributed by atoms with Crippen LogP contribution in [0, 0.1) is 5.82 Å². The summed E-state index contributed by atoms with van der Waals surface area (Å²) in [5.41, 5.74) is 6.69. The monoisotopic (exact) mass is 340 g/mol. The van der Waals surface area contributed by atoms with E-state index >= 15 is 0 Å². The lowest BCUT2D eigenvalue weighted by Crippen LogP contribution is -2.05. The maximum absolute atomic E-state index is 13.8. The van der Waals surface area contributed by atoms with Gasteiger partial charge in [0.2, 0.25) is 0 Å². The Hall–Kier alpha value is -1.38. The average Bonchev–Trinajstić information content (AvgIpc) is 2.49. The molecule has 22 heavy (non-hydrogen) atoms. The maximum atomic E-state index is 13.8. The average molecular weight is 341 g/mol. The standard InChI is InChI=1S/C16H19ClFN2OP/c1-2-3-4-9-22-16-15(17)14(7-8-20-16)21-13-6-5-11(19)10-12(13)18/h5-8,10,22H,2-4,9,19H2,1H3. The first kappa shape index (κ1) is 17.0. The van der Waals surface area contributed by atoms with Gasteiger partial charge in [-0.3, -0.25) is 4.98 Å². The number of nitrogens with zero attached hydrogens (tertiary/aromatic N) is 1. The number of aromatic nitrogens is 1. The highest BCUT2D eigenvalue weighted by Crippen LogP contribution is 2.32. The molecule has 1 aromatic heterocycles. The minimum Gasteiger partial charge on any atom is -0.453 e. The lowest BCUT2D eigenvalue weighted by molar-refractivity contribution is 0.442. The molecule has 3 nitrogen and oxygen atoms in total. The Morgan fingerprint density at radius 2 is 2.09 bits per heavy atom. The summed E-state index contributed by atoms with van der Waals surface area (Å²) < 4.78 is 19.4. The summed E-state index contributed by atoms with van der Waals surface area (Å²) in [4.78, 5) is 4.30.